The molecular weight excluding hydrogens is 315 g/mol. The average Bonchev–Trinajstić information content (AvgIpc) is 2.30. The fourth-order valence-corrected chi connectivity index (χ4v) is 1.90. The van der Waals surface area contributed by atoms with E-state index in [4.69, 9.17) is 0 Å². The van der Waals surface area contributed by atoms with Crippen LogP contribution in [0.25, 0.3) is 0 Å². The minimum absolute atomic E-state index is 0.00129. The van der Waals surface area contributed by atoms with Gasteiger partial charge in [0, 0.05) is 13.1 Å². The van der Waals surface area contributed by atoms with Gasteiger partial charge in [0.25, 0.3) is 5.91 Å². The number of carbonyl (C=O) groups excluding carboxylic acids is 2. The topological polar surface area (TPSA) is 49.4 Å². The van der Waals surface area contributed by atoms with Crippen molar-refractivity contribution in [3.8, 4) is 0 Å². The van der Waals surface area contributed by atoms with Crippen molar-refractivity contribution in [1.82, 2.24) is 10.2 Å². The predicted molar refractivity (Wildman–Crippen MR) is 74.3 cm³/mol. The van der Waals surface area contributed by atoms with E-state index in [1.54, 1.807) is 6.07 Å². The monoisotopic (exact) mass is 330 g/mol. The number of likely N-dealkylation sites (N-methyl/N-ethyl adjacent to an activating group) is 1. The first-order chi connectivity index (χ1) is 8.82. The number of carbonyl (C=O) groups is 2. The van der Waals surface area contributed by atoms with Gasteiger partial charge in [0.15, 0.2) is 0 Å². The predicted octanol–water partition coefficient (Wildman–Crippen LogP) is 2.18. The Balaban J connectivity index is 2.77. The van der Waals surface area contributed by atoms with Crippen molar-refractivity contribution < 1.29 is 14.0 Å². The zero-order valence-corrected chi connectivity index (χ0v) is 12.6. The first kappa shape index (κ1) is 15.6. The molecule has 0 aliphatic heterocycles. The SMILES string of the molecule is CC(C)NC(=O)CN(C)C(=O)c1cccc(Br)c1F. The molecule has 0 aliphatic rings. The Morgan fingerprint density at radius 2 is 2.05 bits per heavy atom. The van der Waals surface area contributed by atoms with Crippen LogP contribution in [0.5, 0.6) is 0 Å². The van der Waals surface area contributed by atoms with E-state index in [-0.39, 0.29) is 28.5 Å². The second kappa shape index (κ2) is 6.65. The highest BCUT2D eigenvalue weighted by atomic mass is 79.9. The number of rotatable bonds is 4. The minimum atomic E-state index is -0.622. The van der Waals surface area contributed by atoms with E-state index in [1.807, 2.05) is 13.8 Å². The normalized spacial score (nSPS) is 10.4. The van der Waals surface area contributed by atoms with E-state index in [1.165, 1.54) is 24.1 Å². The minimum Gasteiger partial charge on any atom is -0.352 e. The molecule has 104 valence electrons. The van der Waals surface area contributed by atoms with Crippen molar-refractivity contribution in [2.45, 2.75) is 19.9 Å². The number of amides is 2. The van der Waals surface area contributed by atoms with Crippen molar-refractivity contribution in [3.63, 3.8) is 0 Å². The van der Waals surface area contributed by atoms with E-state index in [0.29, 0.717) is 0 Å². The van der Waals surface area contributed by atoms with E-state index >= 15 is 0 Å². The second-order valence-electron chi connectivity index (χ2n) is 4.48. The van der Waals surface area contributed by atoms with Gasteiger partial charge in [-0.1, -0.05) is 6.07 Å². The summed E-state index contributed by atoms with van der Waals surface area (Å²) in [5, 5.41) is 2.67. The van der Waals surface area contributed by atoms with E-state index in [2.05, 4.69) is 21.2 Å². The molecule has 1 N–H and O–H groups in total. The summed E-state index contributed by atoms with van der Waals surface area (Å²) in [6.45, 7) is 3.55. The Kier molecular flexibility index (Phi) is 5.47. The number of benzene rings is 1. The van der Waals surface area contributed by atoms with Gasteiger partial charge in [0.2, 0.25) is 5.91 Å². The van der Waals surface area contributed by atoms with Gasteiger partial charge in [-0.25, -0.2) is 4.39 Å². The molecule has 1 rings (SSSR count). The maximum absolute atomic E-state index is 13.8. The largest absolute Gasteiger partial charge is 0.352 e. The molecule has 0 spiro atoms. The summed E-state index contributed by atoms with van der Waals surface area (Å²) >= 11 is 3.02. The third kappa shape index (κ3) is 4.31. The molecule has 0 aromatic heterocycles. The Bertz CT molecular complexity index is 492. The van der Waals surface area contributed by atoms with E-state index < -0.39 is 11.7 Å². The third-order valence-corrected chi connectivity index (χ3v) is 2.97. The summed E-state index contributed by atoms with van der Waals surface area (Å²) in [6.07, 6.45) is 0. The van der Waals surface area contributed by atoms with Crippen LogP contribution in [-0.2, 0) is 4.79 Å². The molecule has 0 bridgehead atoms. The lowest BCUT2D eigenvalue weighted by molar-refractivity contribution is -0.122. The second-order valence-corrected chi connectivity index (χ2v) is 5.34. The zero-order valence-electron chi connectivity index (χ0n) is 11.0. The van der Waals surface area contributed by atoms with Gasteiger partial charge in [0.1, 0.15) is 5.82 Å². The molecule has 6 heteroatoms. The summed E-state index contributed by atoms with van der Waals surface area (Å²) in [4.78, 5) is 24.8. The summed E-state index contributed by atoms with van der Waals surface area (Å²) in [7, 11) is 1.46. The molecule has 0 saturated carbocycles. The van der Waals surface area contributed by atoms with Crippen LogP contribution >= 0.6 is 15.9 Å². The number of halogens is 2. The summed E-state index contributed by atoms with van der Waals surface area (Å²) in [5.74, 6) is -1.43. The Hall–Kier alpha value is -1.43. The molecule has 1 aromatic rings. The molecule has 2 amide bonds. The number of nitrogens with zero attached hydrogens (tertiary/aromatic N) is 1. The molecule has 19 heavy (non-hydrogen) atoms. The fraction of sp³-hybridized carbons (Fsp3) is 0.385. The first-order valence-electron chi connectivity index (χ1n) is 5.81. The quantitative estimate of drug-likeness (QED) is 0.919. The molecule has 4 nitrogen and oxygen atoms in total. The summed E-state index contributed by atoms with van der Waals surface area (Å²) < 4.78 is 14.0. The summed E-state index contributed by atoms with van der Waals surface area (Å²) in [6, 6.07) is 4.47. The van der Waals surface area contributed by atoms with Crippen LogP contribution < -0.4 is 5.32 Å². The Morgan fingerprint density at radius 3 is 2.63 bits per heavy atom. The lowest BCUT2D eigenvalue weighted by Gasteiger charge is -2.18. The van der Waals surface area contributed by atoms with Crippen LogP contribution in [-0.4, -0.2) is 36.3 Å². The first-order valence-corrected chi connectivity index (χ1v) is 6.61. The Labute approximate surface area is 120 Å². The molecule has 0 atom stereocenters. The molecule has 0 saturated heterocycles. The van der Waals surface area contributed by atoms with Gasteiger partial charge in [0.05, 0.1) is 16.6 Å². The number of hydrogen-bond donors (Lipinski definition) is 1. The third-order valence-electron chi connectivity index (χ3n) is 2.36. The maximum Gasteiger partial charge on any atom is 0.257 e. The average molecular weight is 331 g/mol. The highest BCUT2D eigenvalue weighted by Crippen LogP contribution is 2.19. The van der Waals surface area contributed by atoms with Gasteiger partial charge in [-0.3, -0.25) is 9.59 Å². The van der Waals surface area contributed by atoms with Gasteiger partial charge in [-0.2, -0.15) is 0 Å². The summed E-state index contributed by atoms with van der Waals surface area (Å²) in [5.41, 5.74) is -0.0609. The van der Waals surface area contributed by atoms with Crippen LogP contribution in [0.3, 0.4) is 0 Å². The van der Waals surface area contributed by atoms with Crippen molar-refractivity contribution in [2.24, 2.45) is 0 Å². The van der Waals surface area contributed by atoms with Crippen molar-refractivity contribution in [3.05, 3.63) is 34.1 Å². The smallest absolute Gasteiger partial charge is 0.257 e. The van der Waals surface area contributed by atoms with Gasteiger partial charge in [-0.15, -0.1) is 0 Å². The van der Waals surface area contributed by atoms with Gasteiger partial charge in [-0.05, 0) is 41.9 Å². The lowest BCUT2D eigenvalue weighted by Crippen LogP contribution is -2.41. The number of hydrogen-bond acceptors (Lipinski definition) is 2. The molecule has 0 fully saturated rings. The Morgan fingerprint density at radius 1 is 1.42 bits per heavy atom. The molecule has 0 aliphatic carbocycles. The molecule has 1 aromatic carbocycles. The highest BCUT2D eigenvalue weighted by molar-refractivity contribution is 9.10. The zero-order chi connectivity index (χ0) is 14.6. The molecule has 0 radical (unpaired) electrons. The lowest BCUT2D eigenvalue weighted by atomic mass is 10.2. The van der Waals surface area contributed by atoms with Crippen LogP contribution in [0.1, 0.15) is 24.2 Å². The van der Waals surface area contributed by atoms with Gasteiger partial charge < -0.3 is 10.2 Å². The van der Waals surface area contributed by atoms with E-state index in [9.17, 15) is 14.0 Å². The maximum atomic E-state index is 13.8. The standard InChI is InChI=1S/C13H16BrFN2O2/c1-8(2)16-11(18)7-17(3)13(19)9-5-4-6-10(14)12(9)15/h4-6,8H,7H2,1-3H3,(H,16,18). The molecule has 0 heterocycles. The van der Waals surface area contributed by atoms with Crippen LogP contribution in [0.15, 0.2) is 22.7 Å². The fourth-order valence-electron chi connectivity index (χ4n) is 1.53. The van der Waals surface area contributed by atoms with Crippen LogP contribution in [0, 0.1) is 5.82 Å². The molecule has 0 unspecified atom stereocenters. The van der Waals surface area contributed by atoms with E-state index in [0.717, 1.165) is 0 Å². The van der Waals surface area contributed by atoms with Crippen LogP contribution in [0.2, 0.25) is 0 Å². The van der Waals surface area contributed by atoms with Crippen LogP contribution in [0.4, 0.5) is 4.39 Å². The molecular formula is C13H16BrFN2O2. The number of nitrogens with one attached hydrogen (secondary N) is 1. The van der Waals surface area contributed by atoms with Crippen molar-refractivity contribution >= 4 is 27.7 Å². The van der Waals surface area contributed by atoms with Crippen molar-refractivity contribution in [1.29, 1.82) is 0 Å². The van der Waals surface area contributed by atoms with Crippen molar-refractivity contribution in [2.75, 3.05) is 13.6 Å². The van der Waals surface area contributed by atoms with Gasteiger partial charge >= 0.3 is 0 Å². The highest BCUT2D eigenvalue weighted by Gasteiger charge is 2.19.